The number of fused-ring (bicyclic) bond motifs is 1. The molecule has 0 atom stereocenters. The molecule has 0 aliphatic carbocycles. The SMILES string of the molecule is CC1(C)CN(C(=O)C(F)(F)F)c2cc([N+](=O)[O-])ccc2O1. The molecule has 0 saturated carbocycles. The molecule has 21 heavy (non-hydrogen) atoms. The van der Waals surface area contributed by atoms with Gasteiger partial charge >= 0.3 is 12.1 Å². The third-order valence-corrected chi connectivity index (χ3v) is 2.86. The van der Waals surface area contributed by atoms with E-state index in [2.05, 4.69) is 0 Å². The van der Waals surface area contributed by atoms with Crippen molar-refractivity contribution in [3.63, 3.8) is 0 Å². The lowest BCUT2D eigenvalue weighted by atomic mass is 10.0. The van der Waals surface area contributed by atoms with Crippen molar-refractivity contribution in [3.05, 3.63) is 28.3 Å². The Morgan fingerprint density at radius 3 is 2.57 bits per heavy atom. The summed E-state index contributed by atoms with van der Waals surface area (Å²) in [6.45, 7) is 2.68. The van der Waals surface area contributed by atoms with Crippen LogP contribution in [0.4, 0.5) is 24.5 Å². The second-order valence-electron chi connectivity index (χ2n) is 5.16. The van der Waals surface area contributed by atoms with Crippen LogP contribution < -0.4 is 9.64 Å². The monoisotopic (exact) mass is 304 g/mol. The van der Waals surface area contributed by atoms with E-state index in [1.54, 1.807) is 0 Å². The molecule has 114 valence electrons. The summed E-state index contributed by atoms with van der Waals surface area (Å²) in [4.78, 5) is 22.0. The molecule has 1 amide bonds. The number of nitrogens with zero attached hydrogens (tertiary/aromatic N) is 2. The second kappa shape index (κ2) is 4.61. The summed E-state index contributed by atoms with van der Waals surface area (Å²) >= 11 is 0. The van der Waals surface area contributed by atoms with Gasteiger partial charge in [0.05, 0.1) is 17.2 Å². The van der Waals surface area contributed by atoms with Crippen LogP contribution >= 0.6 is 0 Å². The summed E-state index contributed by atoms with van der Waals surface area (Å²) in [6, 6.07) is 3.19. The third-order valence-electron chi connectivity index (χ3n) is 2.86. The summed E-state index contributed by atoms with van der Waals surface area (Å²) < 4.78 is 43.5. The van der Waals surface area contributed by atoms with Crippen molar-refractivity contribution in [2.75, 3.05) is 11.4 Å². The summed E-state index contributed by atoms with van der Waals surface area (Å²) in [5.41, 5.74) is -1.72. The van der Waals surface area contributed by atoms with Gasteiger partial charge in [0.1, 0.15) is 11.4 Å². The Hall–Kier alpha value is -2.32. The number of alkyl halides is 3. The predicted molar refractivity (Wildman–Crippen MR) is 66.2 cm³/mol. The van der Waals surface area contributed by atoms with Gasteiger partial charge in [-0.1, -0.05) is 0 Å². The first-order valence-electron chi connectivity index (χ1n) is 5.87. The predicted octanol–water partition coefficient (Wildman–Crippen LogP) is 2.66. The molecule has 1 aromatic carbocycles. The Bertz CT molecular complexity index is 613. The number of carbonyl (C=O) groups excluding carboxylic acids is 1. The first kappa shape index (κ1) is 15.1. The number of anilines is 1. The molecule has 0 bridgehead atoms. The molecule has 1 aliphatic heterocycles. The largest absolute Gasteiger partial charge is 0.484 e. The zero-order chi connectivity index (χ0) is 16.0. The fourth-order valence-electron chi connectivity index (χ4n) is 2.05. The number of nitro groups is 1. The maximum absolute atomic E-state index is 12.7. The Labute approximate surface area is 117 Å². The molecule has 0 saturated heterocycles. The maximum Gasteiger partial charge on any atom is 0.471 e. The Morgan fingerprint density at radius 1 is 1.43 bits per heavy atom. The smallest absolute Gasteiger partial charge is 0.471 e. The van der Waals surface area contributed by atoms with Gasteiger partial charge in [-0.3, -0.25) is 19.8 Å². The highest BCUT2D eigenvalue weighted by Crippen LogP contribution is 2.40. The summed E-state index contributed by atoms with van der Waals surface area (Å²) in [7, 11) is 0. The molecule has 1 aromatic rings. The molecule has 0 unspecified atom stereocenters. The first-order valence-corrected chi connectivity index (χ1v) is 5.87. The van der Waals surface area contributed by atoms with Gasteiger partial charge in [-0.15, -0.1) is 0 Å². The molecule has 2 rings (SSSR count). The number of nitro benzene ring substituents is 1. The molecular formula is C12H11F3N2O4. The maximum atomic E-state index is 12.7. The van der Waals surface area contributed by atoms with Crippen molar-refractivity contribution in [1.82, 2.24) is 0 Å². The van der Waals surface area contributed by atoms with E-state index in [-0.39, 0.29) is 18.0 Å². The van der Waals surface area contributed by atoms with E-state index in [0.717, 1.165) is 12.1 Å². The normalized spacial score (nSPS) is 16.9. The number of hydrogen-bond donors (Lipinski definition) is 0. The van der Waals surface area contributed by atoms with Crippen LogP contribution in [0.5, 0.6) is 5.75 Å². The number of carbonyl (C=O) groups is 1. The number of rotatable bonds is 1. The topological polar surface area (TPSA) is 72.7 Å². The summed E-state index contributed by atoms with van der Waals surface area (Å²) in [6.07, 6.45) is -5.07. The van der Waals surface area contributed by atoms with Crippen LogP contribution in [0.3, 0.4) is 0 Å². The number of benzene rings is 1. The summed E-state index contributed by atoms with van der Waals surface area (Å²) in [5.74, 6) is -2.09. The van der Waals surface area contributed by atoms with E-state index in [0.29, 0.717) is 4.90 Å². The Balaban J connectivity index is 2.55. The minimum Gasteiger partial charge on any atom is -0.484 e. The Kier molecular flexibility index (Phi) is 3.31. The quantitative estimate of drug-likeness (QED) is 0.590. The van der Waals surface area contributed by atoms with Crippen LogP contribution in [-0.2, 0) is 4.79 Å². The van der Waals surface area contributed by atoms with E-state index in [4.69, 9.17) is 4.74 Å². The number of halogens is 3. The van der Waals surface area contributed by atoms with E-state index in [9.17, 15) is 28.1 Å². The van der Waals surface area contributed by atoms with Crippen LogP contribution in [0.2, 0.25) is 0 Å². The van der Waals surface area contributed by atoms with E-state index in [1.807, 2.05) is 0 Å². The Morgan fingerprint density at radius 2 is 2.05 bits per heavy atom. The highest BCUT2D eigenvalue weighted by Gasteiger charge is 2.47. The molecule has 1 aliphatic rings. The average molecular weight is 304 g/mol. The zero-order valence-corrected chi connectivity index (χ0v) is 11.1. The van der Waals surface area contributed by atoms with Gasteiger partial charge in [0.15, 0.2) is 0 Å². The number of ether oxygens (including phenoxy) is 1. The first-order chi connectivity index (χ1) is 9.51. The standard InChI is InChI=1S/C12H11F3N2O4/c1-11(2)6-16(10(18)12(13,14)15)8-5-7(17(19)20)3-4-9(8)21-11/h3-5H,6H2,1-2H3. The molecule has 0 aromatic heterocycles. The third kappa shape index (κ3) is 2.91. The molecule has 6 nitrogen and oxygen atoms in total. The number of hydrogen-bond acceptors (Lipinski definition) is 4. The molecule has 0 radical (unpaired) electrons. The molecule has 0 fully saturated rings. The van der Waals surface area contributed by atoms with Crippen LogP contribution in [-0.4, -0.2) is 29.2 Å². The fraction of sp³-hybridized carbons (Fsp3) is 0.417. The van der Waals surface area contributed by atoms with E-state index < -0.39 is 28.3 Å². The van der Waals surface area contributed by atoms with Crippen molar-refractivity contribution >= 4 is 17.3 Å². The molecule has 1 heterocycles. The van der Waals surface area contributed by atoms with Gasteiger partial charge in [-0.2, -0.15) is 13.2 Å². The molecule has 0 N–H and O–H groups in total. The van der Waals surface area contributed by atoms with Crippen LogP contribution in [0, 0.1) is 10.1 Å². The molecule has 0 spiro atoms. The van der Waals surface area contributed by atoms with Crippen molar-refractivity contribution in [1.29, 1.82) is 0 Å². The van der Waals surface area contributed by atoms with Crippen LogP contribution in [0.15, 0.2) is 18.2 Å². The van der Waals surface area contributed by atoms with Gasteiger partial charge in [0, 0.05) is 12.1 Å². The number of non-ortho nitro benzene ring substituents is 1. The van der Waals surface area contributed by atoms with Gasteiger partial charge in [0.25, 0.3) is 5.69 Å². The van der Waals surface area contributed by atoms with Crippen molar-refractivity contribution in [2.24, 2.45) is 0 Å². The highest BCUT2D eigenvalue weighted by molar-refractivity contribution is 5.99. The molecular weight excluding hydrogens is 293 g/mol. The van der Waals surface area contributed by atoms with Crippen LogP contribution in [0.1, 0.15) is 13.8 Å². The van der Waals surface area contributed by atoms with E-state index >= 15 is 0 Å². The lowest BCUT2D eigenvalue weighted by molar-refractivity contribution is -0.384. The van der Waals surface area contributed by atoms with E-state index in [1.165, 1.54) is 19.9 Å². The fourth-order valence-corrected chi connectivity index (χ4v) is 2.05. The van der Waals surface area contributed by atoms with Crippen molar-refractivity contribution in [2.45, 2.75) is 25.6 Å². The highest BCUT2D eigenvalue weighted by atomic mass is 19.4. The second-order valence-corrected chi connectivity index (χ2v) is 5.16. The van der Waals surface area contributed by atoms with Gasteiger partial charge in [0.2, 0.25) is 0 Å². The van der Waals surface area contributed by atoms with Gasteiger partial charge in [-0.05, 0) is 19.9 Å². The van der Waals surface area contributed by atoms with Gasteiger partial charge < -0.3 is 4.74 Å². The number of amides is 1. The minimum absolute atomic E-state index is 0.00514. The lowest BCUT2D eigenvalue weighted by Gasteiger charge is -2.39. The lowest BCUT2D eigenvalue weighted by Crippen LogP contribution is -2.53. The zero-order valence-electron chi connectivity index (χ0n) is 11.1. The summed E-state index contributed by atoms with van der Waals surface area (Å²) in [5, 5.41) is 10.7. The average Bonchev–Trinajstić information content (AvgIpc) is 2.34. The minimum atomic E-state index is -5.07. The van der Waals surface area contributed by atoms with Crippen molar-refractivity contribution in [3.8, 4) is 5.75 Å². The van der Waals surface area contributed by atoms with Gasteiger partial charge in [-0.25, -0.2) is 0 Å². The molecule has 9 heteroatoms. The van der Waals surface area contributed by atoms with Crippen molar-refractivity contribution < 1.29 is 27.6 Å². The van der Waals surface area contributed by atoms with Crippen LogP contribution in [0.25, 0.3) is 0 Å².